The highest BCUT2D eigenvalue weighted by Gasteiger charge is 2.56. The van der Waals surface area contributed by atoms with Crippen LogP contribution in [-0.4, -0.2) is 70.4 Å². The van der Waals surface area contributed by atoms with E-state index in [-0.39, 0.29) is 0 Å². The molecule has 4 heterocycles. The zero-order valence-corrected chi connectivity index (χ0v) is 17.1. The summed E-state index contributed by atoms with van der Waals surface area (Å²) < 4.78 is 5.58. The molecule has 2 aromatic rings. The van der Waals surface area contributed by atoms with Gasteiger partial charge in [-0.25, -0.2) is 4.98 Å². The van der Waals surface area contributed by atoms with Crippen molar-refractivity contribution in [3.8, 4) is 0 Å². The quantitative estimate of drug-likeness (QED) is 0.847. The number of likely N-dealkylation sites (tertiary alicyclic amines) is 2. The molecule has 154 valence electrons. The first-order valence-corrected chi connectivity index (χ1v) is 11.3. The zero-order chi connectivity index (χ0) is 19.3. The van der Waals surface area contributed by atoms with Gasteiger partial charge in [0.15, 0.2) is 5.82 Å². The second kappa shape index (κ2) is 7.18. The van der Waals surface area contributed by atoms with Gasteiger partial charge >= 0.3 is 0 Å². The van der Waals surface area contributed by atoms with E-state index >= 15 is 0 Å². The fourth-order valence-corrected chi connectivity index (χ4v) is 5.77. The number of ether oxygens (including phenoxy) is 1. The van der Waals surface area contributed by atoms with Gasteiger partial charge in [-0.2, -0.15) is 5.10 Å². The molecule has 1 N–H and O–H groups in total. The van der Waals surface area contributed by atoms with Crippen LogP contribution in [0.4, 0.5) is 0 Å². The highest BCUT2D eigenvalue weighted by atomic mass is 16.5. The molecule has 1 saturated carbocycles. The standard InChI is InChI=1S/C23H31N5O/c1-2-4-17(5-3-1)12-27-13-20(22-24-21(25-26-22)18-6-7-18)23(14-27)15-28(16-23)19-8-10-29-11-9-19/h1-5,18-20H,6-16H2,(H,24,25,26). The number of hydrogen-bond donors (Lipinski definition) is 1. The summed E-state index contributed by atoms with van der Waals surface area (Å²) in [7, 11) is 0. The van der Waals surface area contributed by atoms with Crippen LogP contribution in [0.3, 0.4) is 0 Å². The predicted octanol–water partition coefficient (Wildman–Crippen LogP) is 2.76. The molecule has 6 heteroatoms. The van der Waals surface area contributed by atoms with E-state index in [4.69, 9.17) is 9.72 Å². The topological polar surface area (TPSA) is 57.3 Å². The lowest BCUT2D eigenvalue weighted by Crippen LogP contribution is -2.63. The van der Waals surface area contributed by atoms with Crippen molar-refractivity contribution in [1.29, 1.82) is 0 Å². The lowest BCUT2D eigenvalue weighted by Gasteiger charge is -2.54. The number of nitrogens with zero attached hydrogens (tertiary/aromatic N) is 4. The number of aromatic amines is 1. The summed E-state index contributed by atoms with van der Waals surface area (Å²) in [5.74, 6) is 3.26. The molecule has 1 unspecified atom stereocenters. The van der Waals surface area contributed by atoms with Crippen molar-refractivity contribution in [2.75, 3.05) is 39.4 Å². The third-order valence-electron chi connectivity index (χ3n) is 7.50. The number of benzene rings is 1. The minimum absolute atomic E-state index is 0.313. The summed E-state index contributed by atoms with van der Waals surface area (Å²) in [6, 6.07) is 11.6. The fourth-order valence-electron chi connectivity index (χ4n) is 5.77. The summed E-state index contributed by atoms with van der Waals surface area (Å²) in [5.41, 5.74) is 1.72. The first-order chi connectivity index (χ1) is 14.3. The minimum atomic E-state index is 0.313. The van der Waals surface area contributed by atoms with Crippen LogP contribution >= 0.6 is 0 Å². The molecular formula is C23H31N5O. The maximum absolute atomic E-state index is 5.58. The van der Waals surface area contributed by atoms with E-state index in [2.05, 4.69) is 50.3 Å². The SMILES string of the molecule is c1ccc(CN2CC(c3nc(C4CC4)n[nH]3)C3(C2)CN(C2CCOCC2)C3)cc1. The monoisotopic (exact) mass is 393 g/mol. The second-order valence-corrected chi connectivity index (χ2v) is 9.67. The van der Waals surface area contributed by atoms with Gasteiger partial charge in [-0.05, 0) is 31.2 Å². The van der Waals surface area contributed by atoms with Crippen LogP contribution in [0, 0.1) is 5.41 Å². The predicted molar refractivity (Wildman–Crippen MR) is 111 cm³/mol. The molecule has 4 aliphatic rings. The first kappa shape index (κ1) is 18.0. The lowest BCUT2D eigenvalue weighted by atomic mass is 9.70. The first-order valence-electron chi connectivity index (χ1n) is 11.3. The number of rotatable bonds is 5. The molecule has 6 nitrogen and oxygen atoms in total. The molecule has 1 aromatic heterocycles. The third kappa shape index (κ3) is 3.41. The Morgan fingerprint density at radius 3 is 2.59 bits per heavy atom. The minimum Gasteiger partial charge on any atom is -0.381 e. The maximum atomic E-state index is 5.58. The van der Waals surface area contributed by atoms with Gasteiger partial charge in [0, 0.05) is 69.2 Å². The van der Waals surface area contributed by atoms with Crippen molar-refractivity contribution in [3.05, 3.63) is 47.5 Å². The summed E-state index contributed by atoms with van der Waals surface area (Å²) in [5, 5.41) is 7.92. The van der Waals surface area contributed by atoms with Crippen LogP contribution in [0.5, 0.6) is 0 Å². The van der Waals surface area contributed by atoms with E-state index in [9.17, 15) is 0 Å². The molecular weight excluding hydrogens is 362 g/mol. The van der Waals surface area contributed by atoms with Gasteiger partial charge in [-0.1, -0.05) is 30.3 Å². The molecule has 1 aliphatic carbocycles. The van der Waals surface area contributed by atoms with Gasteiger partial charge in [0.25, 0.3) is 0 Å². The van der Waals surface area contributed by atoms with E-state index in [0.29, 0.717) is 23.3 Å². The Labute approximate surface area is 172 Å². The van der Waals surface area contributed by atoms with Crippen molar-refractivity contribution in [1.82, 2.24) is 25.0 Å². The highest BCUT2D eigenvalue weighted by molar-refractivity contribution is 5.21. The summed E-state index contributed by atoms with van der Waals surface area (Å²) in [4.78, 5) is 10.3. The molecule has 0 amide bonds. The van der Waals surface area contributed by atoms with E-state index in [0.717, 1.165) is 44.5 Å². The summed E-state index contributed by atoms with van der Waals surface area (Å²) >= 11 is 0. The molecule has 0 radical (unpaired) electrons. The summed E-state index contributed by atoms with van der Waals surface area (Å²) in [6.45, 7) is 7.48. The highest BCUT2D eigenvalue weighted by Crippen LogP contribution is 2.50. The van der Waals surface area contributed by atoms with Crippen molar-refractivity contribution in [3.63, 3.8) is 0 Å². The van der Waals surface area contributed by atoms with Crippen molar-refractivity contribution in [2.45, 2.75) is 50.1 Å². The van der Waals surface area contributed by atoms with Crippen LogP contribution < -0.4 is 0 Å². The Morgan fingerprint density at radius 2 is 1.83 bits per heavy atom. The van der Waals surface area contributed by atoms with Crippen LogP contribution in [0.25, 0.3) is 0 Å². The molecule has 0 bridgehead atoms. The zero-order valence-electron chi connectivity index (χ0n) is 17.1. The van der Waals surface area contributed by atoms with Gasteiger partial charge < -0.3 is 4.74 Å². The van der Waals surface area contributed by atoms with Gasteiger partial charge in [0.1, 0.15) is 5.82 Å². The average Bonchev–Trinajstić information content (AvgIpc) is 3.34. The van der Waals surface area contributed by atoms with E-state index in [1.165, 1.54) is 44.3 Å². The van der Waals surface area contributed by atoms with E-state index < -0.39 is 0 Å². The van der Waals surface area contributed by atoms with Gasteiger partial charge in [0.05, 0.1) is 0 Å². The van der Waals surface area contributed by atoms with E-state index in [1.54, 1.807) is 0 Å². The third-order valence-corrected chi connectivity index (χ3v) is 7.50. The molecule has 1 atom stereocenters. The Bertz CT molecular complexity index is 836. The average molecular weight is 394 g/mol. The number of aromatic nitrogens is 3. The Morgan fingerprint density at radius 1 is 1.03 bits per heavy atom. The number of hydrogen-bond acceptors (Lipinski definition) is 5. The molecule has 3 aliphatic heterocycles. The van der Waals surface area contributed by atoms with Gasteiger partial charge in [-0.3, -0.25) is 14.9 Å². The molecule has 1 spiro atoms. The van der Waals surface area contributed by atoms with Crippen LogP contribution in [0.15, 0.2) is 30.3 Å². The van der Waals surface area contributed by atoms with Crippen LogP contribution in [-0.2, 0) is 11.3 Å². The fraction of sp³-hybridized carbons (Fsp3) is 0.652. The number of H-pyrrole nitrogens is 1. The Hall–Kier alpha value is -1.76. The van der Waals surface area contributed by atoms with Crippen LogP contribution in [0.2, 0.25) is 0 Å². The van der Waals surface area contributed by atoms with Gasteiger partial charge in [0.2, 0.25) is 0 Å². The molecule has 29 heavy (non-hydrogen) atoms. The maximum Gasteiger partial charge on any atom is 0.153 e. The van der Waals surface area contributed by atoms with Crippen LogP contribution in [0.1, 0.15) is 54.7 Å². The molecule has 6 rings (SSSR count). The van der Waals surface area contributed by atoms with Crippen molar-refractivity contribution in [2.24, 2.45) is 5.41 Å². The molecule has 1 aromatic carbocycles. The summed E-state index contributed by atoms with van der Waals surface area (Å²) in [6.07, 6.45) is 4.88. The largest absolute Gasteiger partial charge is 0.381 e. The Kier molecular flexibility index (Phi) is 4.47. The Balaban J connectivity index is 1.21. The second-order valence-electron chi connectivity index (χ2n) is 9.67. The van der Waals surface area contributed by atoms with Crippen molar-refractivity contribution >= 4 is 0 Å². The van der Waals surface area contributed by atoms with Crippen molar-refractivity contribution < 1.29 is 4.74 Å². The molecule has 4 fully saturated rings. The lowest BCUT2D eigenvalue weighted by molar-refractivity contribution is -0.0670. The van der Waals surface area contributed by atoms with Gasteiger partial charge in [-0.15, -0.1) is 0 Å². The molecule has 3 saturated heterocycles. The van der Waals surface area contributed by atoms with E-state index in [1.807, 2.05) is 0 Å². The normalized spacial score (nSPS) is 28.1. The smallest absolute Gasteiger partial charge is 0.153 e. The number of nitrogens with one attached hydrogen (secondary N) is 1.